The van der Waals surface area contributed by atoms with Gasteiger partial charge in [0.1, 0.15) is 5.52 Å². The van der Waals surface area contributed by atoms with Crippen LogP contribution in [0, 0.1) is 0 Å². The number of nitrogens with one attached hydrogen (secondary N) is 2. The maximum absolute atomic E-state index is 13.6. The predicted octanol–water partition coefficient (Wildman–Crippen LogP) is 4.91. The lowest BCUT2D eigenvalue weighted by molar-refractivity contribution is -0.136. The third kappa shape index (κ3) is 9.66. The van der Waals surface area contributed by atoms with Gasteiger partial charge in [0.2, 0.25) is 11.8 Å². The van der Waals surface area contributed by atoms with Crippen LogP contribution in [0.15, 0.2) is 65.7 Å². The Morgan fingerprint density at radius 2 is 1.70 bits per heavy atom. The van der Waals surface area contributed by atoms with Crippen molar-refractivity contribution in [2.45, 2.75) is 96.2 Å². The van der Waals surface area contributed by atoms with Gasteiger partial charge in [0.05, 0.1) is 24.2 Å². The molecular formula is C39H53N7O4. The van der Waals surface area contributed by atoms with E-state index < -0.39 is 5.60 Å². The van der Waals surface area contributed by atoms with Crippen molar-refractivity contribution in [3.63, 3.8) is 0 Å². The number of carbonyl (C=O) groups excluding carboxylic acids is 2. The van der Waals surface area contributed by atoms with Crippen molar-refractivity contribution in [3.05, 3.63) is 82.4 Å². The van der Waals surface area contributed by atoms with E-state index in [1.165, 1.54) is 23.7 Å². The van der Waals surface area contributed by atoms with Crippen LogP contribution in [0.5, 0.6) is 0 Å². The van der Waals surface area contributed by atoms with Crippen molar-refractivity contribution < 1.29 is 14.7 Å². The van der Waals surface area contributed by atoms with Crippen molar-refractivity contribution in [1.82, 2.24) is 34.9 Å². The summed E-state index contributed by atoms with van der Waals surface area (Å²) >= 11 is 0. The van der Waals surface area contributed by atoms with Crippen LogP contribution in [0.4, 0.5) is 0 Å². The van der Waals surface area contributed by atoms with E-state index in [4.69, 9.17) is 0 Å². The number of amides is 2. The fraction of sp³-hybridized carbons (Fsp3) is 0.513. The van der Waals surface area contributed by atoms with Gasteiger partial charge in [-0.25, -0.2) is 4.98 Å². The Morgan fingerprint density at radius 3 is 2.42 bits per heavy atom. The summed E-state index contributed by atoms with van der Waals surface area (Å²) in [5, 5.41) is 22.4. The summed E-state index contributed by atoms with van der Waals surface area (Å²) in [6, 6.07) is 18.1. The zero-order valence-electron chi connectivity index (χ0n) is 29.9. The van der Waals surface area contributed by atoms with E-state index in [1.807, 2.05) is 47.4 Å². The van der Waals surface area contributed by atoms with Gasteiger partial charge in [0.25, 0.3) is 5.56 Å². The summed E-state index contributed by atoms with van der Waals surface area (Å²) in [6.45, 7) is 7.40. The zero-order chi connectivity index (χ0) is 35.5. The Balaban J connectivity index is 1.12. The second kappa shape index (κ2) is 17.5. The Labute approximate surface area is 295 Å². The molecule has 1 aliphatic rings. The molecule has 2 aromatic heterocycles. The molecule has 50 heavy (non-hydrogen) atoms. The minimum atomic E-state index is -1.12. The van der Waals surface area contributed by atoms with E-state index in [-0.39, 0.29) is 35.4 Å². The van der Waals surface area contributed by atoms with Gasteiger partial charge in [-0.05, 0) is 49.3 Å². The van der Waals surface area contributed by atoms with Crippen LogP contribution in [-0.4, -0.2) is 72.9 Å². The van der Waals surface area contributed by atoms with E-state index in [0.717, 1.165) is 48.2 Å². The minimum absolute atomic E-state index is 0.0827. The SMILES string of the molecule is CCCCCCC(=O)NCCCNCc1ccc(-c2c3ncn(CC4(O)CCN(C(=O)CC(C)c5ccccc5)CC4)c(=O)c3nn2C)cc1. The third-order valence-electron chi connectivity index (χ3n) is 9.84. The molecule has 4 aromatic rings. The van der Waals surface area contributed by atoms with E-state index in [9.17, 15) is 19.5 Å². The topological polar surface area (TPSA) is 134 Å². The fourth-order valence-corrected chi connectivity index (χ4v) is 6.72. The summed E-state index contributed by atoms with van der Waals surface area (Å²) in [4.78, 5) is 45.0. The highest BCUT2D eigenvalue weighted by atomic mass is 16.3. The molecule has 2 amide bonds. The Hall–Kier alpha value is -4.35. The number of aryl methyl sites for hydroxylation is 1. The van der Waals surface area contributed by atoms with Gasteiger partial charge in [0, 0.05) is 51.6 Å². The number of carbonyl (C=O) groups is 2. The largest absolute Gasteiger partial charge is 0.388 e. The number of benzene rings is 2. The average Bonchev–Trinajstić information content (AvgIpc) is 3.46. The molecule has 1 unspecified atom stereocenters. The number of piperidine rings is 1. The molecule has 3 heterocycles. The van der Waals surface area contributed by atoms with Crippen LogP contribution >= 0.6 is 0 Å². The number of hydrogen-bond donors (Lipinski definition) is 3. The molecule has 268 valence electrons. The zero-order valence-corrected chi connectivity index (χ0v) is 29.9. The summed E-state index contributed by atoms with van der Waals surface area (Å²) in [5.74, 6) is 0.339. The molecule has 3 N–H and O–H groups in total. The Bertz CT molecular complexity index is 1760. The van der Waals surface area contributed by atoms with Crippen LogP contribution in [0.25, 0.3) is 22.3 Å². The first-order chi connectivity index (χ1) is 24.2. The molecule has 0 spiro atoms. The molecule has 1 saturated heterocycles. The van der Waals surface area contributed by atoms with Gasteiger partial charge in [0.15, 0.2) is 5.52 Å². The van der Waals surface area contributed by atoms with Gasteiger partial charge >= 0.3 is 0 Å². The van der Waals surface area contributed by atoms with Crippen molar-refractivity contribution >= 4 is 22.8 Å². The number of rotatable bonds is 17. The summed E-state index contributed by atoms with van der Waals surface area (Å²) < 4.78 is 3.13. The number of hydrogen-bond acceptors (Lipinski definition) is 7. The lowest BCUT2D eigenvalue weighted by Gasteiger charge is -2.38. The van der Waals surface area contributed by atoms with Crippen molar-refractivity contribution in [2.75, 3.05) is 26.2 Å². The smallest absolute Gasteiger partial charge is 0.281 e. The van der Waals surface area contributed by atoms with Crippen LogP contribution < -0.4 is 16.2 Å². The average molecular weight is 684 g/mol. The standard InChI is InChI=1S/C39H53N7O4/c1-4-5-6-10-14-33(47)41-22-11-21-40-26-30-15-17-32(18-16-30)37-35-36(43-44(37)3)38(49)46(28-42-35)27-39(50)19-23-45(24-20-39)34(48)25-29(2)31-12-8-7-9-13-31/h7-9,12-13,15-18,28-29,40,50H,4-6,10-11,14,19-27H2,1-3H3,(H,41,47). The van der Waals surface area contributed by atoms with E-state index in [1.54, 1.807) is 11.7 Å². The van der Waals surface area contributed by atoms with Gasteiger partial charge in [-0.15, -0.1) is 0 Å². The van der Waals surface area contributed by atoms with Crippen LogP contribution in [0.2, 0.25) is 0 Å². The number of aliphatic hydroxyl groups is 1. The highest BCUT2D eigenvalue weighted by Crippen LogP contribution is 2.28. The number of nitrogens with zero attached hydrogens (tertiary/aromatic N) is 5. The lowest BCUT2D eigenvalue weighted by atomic mass is 9.90. The quantitative estimate of drug-likeness (QED) is 0.135. The molecule has 2 aromatic carbocycles. The van der Waals surface area contributed by atoms with Crippen LogP contribution in [0.3, 0.4) is 0 Å². The molecule has 11 nitrogen and oxygen atoms in total. The van der Waals surface area contributed by atoms with Crippen LogP contribution in [-0.2, 0) is 29.7 Å². The highest BCUT2D eigenvalue weighted by Gasteiger charge is 2.35. The first-order valence-corrected chi connectivity index (χ1v) is 18.2. The van der Waals surface area contributed by atoms with Gasteiger partial charge in [-0.1, -0.05) is 87.7 Å². The molecule has 0 saturated carbocycles. The highest BCUT2D eigenvalue weighted by molar-refractivity contribution is 5.89. The summed E-state index contributed by atoms with van der Waals surface area (Å²) in [5.41, 5.74) is 3.28. The monoisotopic (exact) mass is 683 g/mol. The first-order valence-electron chi connectivity index (χ1n) is 18.2. The van der Waals surface area contributed by atoms with Gasteiger partial charge in [-0.2, -0.15) is 5.10 Å². The van der Waals surface area contributed by atoms with E-state index >= 15 is 0 Å². The second-order valence-electron chi connectivity index (χ2n) is 13.9. The van der Waals surface area contributed by atoms with Gasteiger partial charge in [-0.3, -0.25) is 23.6 Å². The van der Waals surface area contributed by atoms with Crippen molar-refractivity contribution in [1.29, 1.82) is 0 Å². The third-order valence-corrected chi connectivity index (χ3v) is 9.84. The van der Waals surface area contributed by atoms with Gasteiger partial charge < -0.3 is 20.6 Å². The van der Waals surface area contributed by atoms with E-state index in [0.29, 0.717) is 57.4 Å². The maximum atomic E-state index is 13.6. The molecule has 1 fully saturated rings. The Kier molecular flexibility index (Phi) is 12.9. The molecular weight excluding hydrogens is 630 g/mol. The summed E-state index contributed by atoms with van der Waals surface area (Å²) in [7, 11) is 1.80. The fourth-order valence-electron chi connectivity index (χ4n) is 6.72. The maximum Gasteiger partial charge on any atom is 0.281 e. The molecule has 0 bridgehead atoms. The number of unbranched alkanes of at least 4 members (excludes halogenated alkanes) is 3. The number of fused-ring (bicyclic) bond motifs is 1. The Morgan fingerprint density at radius 1 is 0.960 bits per heavy atom. The molecule has 1 atom stereocenters. The van der Waals surface area contributed by atoms with E-state index in [2.05, 4.69) is 46.7 Å². The van der Waals surface area contributed by atoms with Crippen molar-refractivity contribution in [3.8, 4) is 11.3 Å². The molecule has 0 aliphatic carbocycles. The molecule has 0 radical (unpaired) electrons. The minimum Gasteiger partial charge on any atom is -0.388 e. The van der Waals surface area contributed by atoms with Crippen molar-refractivity contribution in [2.24, 2.45) is 7.05 Å². The number of aromatic nitrogens is 4. The van der Waals surface area contributed by atoms with Crippen LogP contribution in [0.1, 0.15) is 88.7 Å². The second-order valence-corrected chi connectivity index (χ2v) is 13.9. The predicted molar refractivity (Wildman–Crippen MR) is 197 cm³/mol. The summed E-state index contributed by atoms with van der Waals surface area (Å²) in [6.07, 6.45) is 8.60. The molecule has 1 aliphatic heterocycles. The lowest BCUT2D eigenvalue weighted by Crippen LogP contribution is -2.49. The first kappa shape index (κ1) is 36.9. The number of likely N-dealkylation sites (tertiary alicyclic amines) is 1. The molecule has 5 rings (SSSR count). The molecule has 11 heteroatoms. The normalized spacial score (nSPS) is 14.9.